The van der Waals surface area contributed by atoms with Crippen LogP contribution < -0.4 is 10.2 Å². The molecule has 0 aliphatic carbocycles. The van der Waals surface area contributed by atoms with Gasteiger partial charge in [-0.1, -0.05) is 45.5 Å². The van der Waals surface area contributed by atoms with E-state index in [1.165, 1.54) is 6.08 Å². The van der Waals surface area contributed by atoms with E-state index in [1.54, 1.807) is 0 Å². The van der Waals surface area contributed by atoms with Crippen molar-refractivity contribution in [1.29, 1.82) is 0 Å². The first-order chi connectivity index (χ1) is 16.6. The fraction of sp³-hybridized carbons (Fsp3) is 0.444. The fourth-order valence-corrected chi connectivity index (χ4v) is 6.32. The lowest BCUT2D eigenvalue weighted by Crippen LogP contribution is -2.47. The zero-order valence-electron chi connectivity index (χ0n) is 21.3. The van der Waals surface area contributed by atoms with Gasteiger partial charge < -0.3 is 23.5 Å². The smallest absolute Gasteiger partial charge is 0.373 e. The number of nitrogens with one attached hydrogen (secondary N) is 1. The minimum absolute atomic E-state index is 0. The molecule has 2 aromatic rings. The highest BCUT2D eigenvalue weighted by Gasteiger charge is 2.40. The van der Waals surface area contributed by atoms with Crippen LogP contribution in [0.25, 0.3) is 0 Å². The van der Waals surface area contributed by atoms with E-state index in [1.807, 2.05) is 42.5 Å². The molecule has 6 nitrogen and oxygen atoms in total. The van der Waals surface area contributed by atoms with E-state index in [-0.39, 0.29) is 22.9 Å². The van der Waals surface area contributed by atoms with Gasteiger partial charge in [0.15, 0.2) is 0 Å². The third kappa shape index (κ3) is 10.7. The summed E-state index contributed by atoms with van der Waals surface area (Å²) in [5.41, 5.74) is 2.89. The van der Waals surface area contributed by atoms with Crippen molar-refractivity contribution < 1.29 is 18.1 Å². The van der Waals surface area contributed by atoms with Gasteiger partial charge in [0.05, 0.1) is 0 Å². The maximum atomic E-state index is 11.6. The van der Waals surface area contributed by atoms with Crippen LogP contribution in [0.5, 0.6) is 0 Å². The highest BCUT2D eigenvalue weighted by molar-refractivity contribution is 8.93. The predicted molar refractivity (Wildman–Crippen MR) is 153 cm³/mol. The number of anilines is 3. The van der Waals surface area contributed by atoms with Crippen molar-refractivity contribution in [1.82, 2.24) is 0 Å². The molecule has 0 saturated carbocycles. The first-order valence-electron chi connectivity index (χ1n) is 12.3. The largest absolute Gasteiger partial charge is 0.501 e. The van der Waals surface area contributed by atoms with Gasteiger partial charge in [0.1, 0.15) is 0 Å². The van der Waals surface area contributed by atoms with Crippen LogP contribution in [0.3, 0.4) is 0 Å². The van der Waals surface area contributed by atoms with Crippen molar-refractivity contribution in [2.45, 2.75) is 52.5 Å². The number of carbonyl (C=O) groups excluding carboxylic acids is 1. The number of hydrogen-bond acceptors (Lipinski definition) is 5. The van der Waals surface area contributed by atoms with Crippen molar-refractivity contribution in [2.24, 2.45) is 0 Å². The molecule has 0 bridgehead atoms. The molecule has 0 aliphatic rings. The summed E-state index contributed by atoms with van der Waals surface area (Å²) in [5, 5.41) is 2.80. The van der Waals surface area contributed by atoms with Gasteiger partial charge >= 0.3 is 8.80 Å². The van der Waals surface area contributed by atoms with Crippen molar-refractivity contribution in [3.8, 4) is 0 Å². The fourth-order valence-electron chi connectivity index (χ4n) is 3.50. The second-order valence-electron chi connectivity index (χ2n) is 8.06. The van der Waals surface area contributed by atoms with Gasteiger partial charge in [-0.25, -0.2) is 0 Å². The number of hydrogen-bond donors (Lipinski definition) is 1. The Morgan fingerprint density at radius 3 is 1.89 bits per heavy atom. The SMILES string of the molecule is Br.C=CC(=O)Nc1ccc(N(CCC[Si](OCCC)(OCCC)OCCC)c2ccccc2)cc1. The highest BCUT2D eigenvalue weighted by atomic mass is 79.9. The summed E-state index contributed by atoms with van der Waals surface area (Å²) in [6.07, 6.45) is 4.94. The van der Waals surface area contributed by atoms with Crippen LogP contribution in [-0.4, -0.2) is 41.1 Å². The first kappa shape index (κ1) is 31.1. The maximum absolute atomic E-state index is 11.6. The molecule has 0 saturated heterocycles. The Bertz CT molecular complexity index is 830. The van der Waals surface area contributed by atoms with Crippen LogP contribution in [0.1, 0.15) is 46.5 Å². The van der Waals surface area contributed by atoms with Crippen molar-refractivity contribution >= 4 is 48.8 Å². The van der Waals surface area contributed by atoms with Crippen molar-refractivity contribution in [3.05, 3.63) is 67.3 Å². The minimum Gasteiger partial charge on any atom is -0.373 e. The number of carbonyl (C=O) groups is 1. The van der Waals surface area contributed by atoms with E-state index in [9.17, 15) is 4.79 Å². The molecule has 0 unspecified atom stereocenters. The normalized spacial score (nSPS) is 10.9. The molecule has 1 N–H and O–H groups in total. The zero-order valence-corrected chi connectivity index (χ0v) is 24.0. The number of amides is 1. The molecule has 0 spiro atoms. The average molecular weight is 566 g/mol. The molecule has 194 valence electrons. The summed E-state index contributed by atoms with van der Waals surface area (Å²) in [4.78, 5) is 13.9. The van der Waals surface area contributed by atoms with E-state index in [4.69, 9.17) is 13.3 Å². The Kier molecular flexibility index (Phi) is 15.5. The summed E-state index contributed by atoms with van der Waals surface area (Å²) < 4.78 is 18.8. The van der Waals surface area contributed by atoms with E-state index in [2.05, 4.69) is 49.7 Å². The second kappa shape index (κ2) is 17.5. The summed E-state index contributed by atoms with van der Waals surface area (Å²) in [6.45, 7) is 12.6. The third-order valence-electron chi connectivity index (χ3n) is 5.14. The summed E-state index contributed by atoms with van der Waals surface area (Å²) in [7, 11) is -2.74. The average Bonchev–Trinajstić information content (AvgIpc) is 2.88. The lowest BCUT2D eigenvalue weighted by atomic mass is 10.2. The molecule has 0 radical (unpaired) electrons. The molecular weight excluding hydrogens is 524 g/mol. The molecule has 0 fully saturated rings. The molecule has 0 heterocycles. The number of halogens is 1. The topological polar surface area (TPSA) is 60.0 Å². The molecule has 0 aliphatic heterocycles. The van der Waals surface area contributed by atoms with Gasteiger partial charge in [-0.3, -0.25) is 4.79 Å². The van der Waals surface area contributed by atoms with Crippen LogP contribution >= 0.6 is 17.0 Å². The van der Waals surface area contributed by atoms with Crippen molar-refractivity contribution in [3.63, 3.8) is 0 Å². The predicted octanol–water partition coefficient (Wildman–Crippen LogP) is 7.14. The van der Waals surface area contributed by atoms with Gasteiger partial charge in [0.2, 0.25) is 5.91 Å². The van der Waals surface area contributed by atoms with E-state index < -0.39 is 8.80 Å². The van der Waals surface area contributed by atoms with Gasteiger partial charge in [-0.15, -0.1) is 17.0 Å². The third-order valence-corrected chi connectivity index (χ3v) is 8.04. The Balaban J connectivity index is 0.00000612. The van der Waals surface area contributed by atoms with Crippen LogP contribution in [-0.2, 0) is 18.1 Å². The molecule has 2 aromatic carbocycles. The van der Waals surface area contributed by atoms with Gasteiger partial charge in [0, 0.05) is 49.5 Å². The van der Waals surface area contributed by atoms with E-state index >= 15 is 0 Å². The molecule has 8 heteroatoms. The van der Waals surface area contributed by atoms with Crippen molar-refractivity contribution in [2.75, 3.05) is 36.6 Å². The quantitative estimate of drug-likeness (QED) is 0.163. The molecule has 2 rings (SSSR count). The lowest BCUT2D eigenvalue weighted by Gasteiger charge is -2.31. The maximum Gasteiger partial charge on any atom is 0.501 e. The van der Waals surface area contributed by atoms with Crippen LogP contribution in [0.4, 0.5) is 17.1 Å². The molecule has 1 amide bonds. The molecule has 0 aromatic heterocycles. The van der Waals surface area contributed by atoms with Gasteiger partial charge in [0.25, 0.3) is 0 Å². The summed E-state index contributed by atoms with van der Waals surface area (Å²) >= 11 is 0. The van der Waals surface area contributed by atoms with E-state index in [0.29, 0.717) is 19.8 Å². The van der Waals surface area contributed by atoms with Crippen LogP contribution in [0.2, 0.25) is 6.04 Å². The number of para-hydroxylation sites is 1. The first-order valence-corrected chi connectivity index (χ1v) is 14.3. The number of benzene rings is 2. The van der Waals surface area contributed by atoms with Crippen LogP contribution in [0.15, 0.2) is 67.3 Å². The Morgan fingerprint density at radius 1 is 0.886 bits per heavy atom. The lowest BCUT2D eigenvalue weighted by molar-refractivity contribution is -0.111. The molecular formula is C27H41BrN2O4Si. The Hall–Kier alpha value is -1.97. The number of rotatable bonds is 17. The van der Waals surface area contributed by atoms with Gasteiger partial charge in [-0.05, 0) is 68.2 Å². The van der Waals surface area contributed by atoms with E-state index in [0.717, 1.165) is 55.3 Å². The standard InChI is InChI=1S/C27H40N2O4Si.BrH/c1-5-20-31-34(32-21-6-2,33-22-7-3)23-12-19-29(25-13-10-9-11-14-25)26-17-15-24(16-18-26)28-27(30)8-4;/h8-11,13-18H,4-7,12,19-23H2,1-3H3,(H,28,30);1H. The molecule has 35 heavy (non-hydrogen) atoms. The summed E-state index contributed by atoms with van der Waals surface area (Å²) in [6, 6.07) is 18.9. The Labute approximate surface area is 222 Å². The number of nitrogens with zero attached hydrogens (tertiary/aromatic N) is 1. The molecule has 0 atom stereocenters. The minimum atomic E-state index is -2.74. The zero-order chi connectivity index (χ0) is 24.7. The highest BCUT2D eigenvalue weighted by Crippen LogP contribution is 2.28. The summed E-state index contributed by atoms with van der Waals surface area (Å²) in [5.74, 6) is -0.222. The van der Waals surface area contributed by atoms with Crippen LogP contribution in [0, 0.1) is 0 Å². The Morgan fingerprint density at radius 2 is 1.40 bits per heavy atom. The van der Waals surface area contributed by atoms with Gasteiger partial charge in [-0.2, -0.15) is 0 Å². The second-order valence-corrected chi connectivity index (χ2v) is 10.8. The monoisotopic (exact) mass is 564 g/mol.